The van der Waals surface area contributed by atoms with Gasteiger partial charge in [-0.1, -0.05) is 12.1 Å². The number of aromatic nitrogens is 3. The molecule has 2 aromatic heterocycles. The maximum atomic E-state index is 12.4. The average Bonchev–Trinajstić information content (AvgIpc) is 3.18. The summed E-state index contributed by atoms with van der Waals surface area (Å²) in [5.41, 5.74) is 2.22. The van der Waals surface area contributed by atoms with Crippen LogP contribution in [0.1, 0.15) is 0 Å². The summed E-state index contributed by atoms with van der Waals surface area (Å²) in [5, 5.41) is 2.98. The second-order valence-electron chi connectivity index (χ2n) is 5.89. The topological polar surface area (TPSA) is 74.3 Å². The van der Waals surface area contributed by atoms with Gasteiger partial charge in [0, 0.05) is 19.7 Å². The lowest BCUT2D eigenvalue weighted by atomic mass is 10.3. The first kappa shape index (κ1) is 18.1. The van der Waals surface area contributed by atoms with Crippen LogP contribution < -0.4 is 10.1 Å². The number of benzene rings is 2. The van der Waals surface area contributed by atoms with Gasteiger partial charge in [0.2, 0.25) is 5.95 Å². The van der Waals surface area contributed by atoms with E-state index in [1.165, 1.54) is 12.1 Å². The lowest BCUT2D eigenvalue weighted by Gasteiger charge is -2.08. The van der Waals surface area contributed by atoms with Gasteiger partial charge in [-0.15, -0.1) is 13.2 Å². The van der Waals surface area contributed by atoms with Crippen molar-refractivity contribution in [3.63, 3.8) is 0 Å². The average molecular weight is 392 g/mol. The molecule has 10 heteroatoms. The first-order valence-electron chi connectivity index (χ1n) is 8.30. The molecule has 0 aliphatic carbocycles. The molecule has 0 saturated carbocycles. The molecule has 4 aromatic rings. The number of fused-ring (bicyclic) bond motifs is 2. The summed E-state index contributed by atoms with van der Waals surface area (Å²) in [6, 6.07) is 11.4. The van der Waals surface area contributed by atoms with Crippen LogP contribution in [-0.4, -0.2) is 34.6 Å². The van der Waals surface area contributed by atoms with Crippen molar-refractivity contribution in [2.45, 2.75) is 12.9 Å². The number of hydrogen-bond acceptors (Lipinski definition) is 6. The number of halogens is 3. The van der Waals surface area contributed by atoms with Gasteiger partial charge in [-0.25, -0.2) is 4.98 Å². The Morgan fingerprint density at radius 3 is 2.71 bits per heavy atom. The van der Waals surface area contributed by atoms with Crippen molar-refractivity contribution >= 4 is 34.1 Å². The van der Waals surface area contributed by atoms with Crippen molar-refractivity contribution in [1.29, 1.82) is 0 Å². The molecular formula is C18H15F3N4O3. The number of rotatable bonds is 6. The van der Waals surface area contributed by atoms with E-state index in [1.54, 1.807) is 7.11 Å². The molecule has 0 atom stereocenters. The number of alkyl halides is 3. The van der Waals surface area contributed by atoms with E-state index in [1.807, 2.05) is 28.8 Å². The first-order valence-corrected chi connectivity index (χ1v) is 8.30. The number of hydrogen-bond donors (Lipinski definition) is 1. The number of para-hydroxylation sites is 2. The van der Waals surface area contributed by atoms with Crippen LogP contribution >= 0.6 is 0 Å². The normalized spacial score (nSPS) is 12.0. The smallest absolute Gasteiger partial charge is 0.423 e. The van der Waals surface area contributed by atoms with Crippen LogP contribution in [0.3, 0.4) is 0 Å². The van der Waals surface area contributed by atoms with E-state index in [0.29, 0.717) is 24.6 Å². The maximum Gasteiger partial charge on any atom is 0.573 e. The molecular weight excluding hydrogens is 377 g/mol. The number of oxazole rings is 1. The molecule has 0 aliphatic heterocycles. The molecule has 28 heavy (non-hydrogen) atoms. The minimum atomic E-state index is -4.78. The quantitative estimate of drug-likeness (QED) is 0.522. The summed E-state index contributed by atoms with van der Waals surface area (Å²) >= 11 is 0. The first-order chi connectivity index (χ1) is 13.4. The Bertz CT molecular complexity index is 1120. The second-order valence-corrected chi connectivity index (χ2v) is 5.89. The highest BCUT2D eigenvalue weighted by Crippen LogP contribution is 2.29. The Morgan fingerprint density at radius 2 is 1.93 bits per heavy atom. The third-order valence-corrected chi connectivity index (χ3v) is 3.99. The third kappa shape index (κ3) is 3.72. The van der Waals surface area contributed by atoms with E-state index < -0.39 is 6.36 Å². The molecule has 0 unspecified atom stereocenters. The molecule has 7 nitrogen and oxygen atoms in total. The molecule has 2 heterocycles. The predicted octanol–water partition coefficient (Wildman–Crippen LogP) is 4.47. The van der Waals surface area contributed by atoms with Crippen LogP contribution in [0, 0.1) is 0 Å². The van der Waals surface area contributed by atoms with Gasteiger partial charge in [0.15, 0.2) is 5.58 Å². The zero-order valence-corrected chi connectivity index (χ0v) is 14.7. The summed E-state index contributed by atoms with van der Waals surface area (Å²) in [6.45, 7) is 1.02. The van der Waals surface area contributed by atoms with Gasteiger partial charge in [0.05, 0.1) is 17.6 Å². The van der Waals surface area contributed by atoms with E-state index >= 15 is 0 Å². The van der Waals surface area contributed by atoms with Gasteiger partial charge in [0.25, 0.3) is 0 Å². The second kappa shape index (κ2) is 7.04. The number of anilines is 2. The van der Waals surface area contributed by atoms with E-state index in [0.717, 1.165) is 17.1 Å². The molecule has 0 fully saturated rings. The molecule has 0 amide bonds. The number of nitrogens with one attached hydrogen (secondary N) is 1. The summed E-state index contributed by atoms with van der Waals surface area (Å²) < 4.78 is 53.6. The van der Waals surface area contributed by atoms with Crippen molar-refractivity contribution in [3.8, 4) is 5.75 Å². The Kier molecular flexibility index (Phi) is 4.55. The summed E-state index contributed by atoms with van der Waals surface area (Å²) in [4.78, 5) is 8.76. The molecule has 2 aromatic carbocycles. The monoisotopic (exact) mass is 392 g/mol. The summed E-state index contributed by atoms with van der Waals surface area (Å²) in [7, 11) is 1.60. The van der Waals surface area contributed by atoms with Crippen LogP contribution in [-0.2, 0) is 11.3 Å². The van der Waals surface area contributed by atoms with Crippen LogP contribution in [0.2, 0.25) is 0 Å². The number of methoxy groups -OCH3 is 1. The van der Waals surface area contributed by atoms with Crippen molar-refractivity contribution in [2.24, 2.45) is 0 Å². The van der Waals surface area contributed by atoms with Crippen LogP contribution in [0.25, 0.3) is 22.1 Å². The fourth-order valence-electron chi connectivity index (χ4n) is 2.83. The SMILES string of the molecule is COCCn1c(Nc2nc3ccc(OC(F)(F)F)cc3o2)nc2ccccc21. The Labute approximate surface area is 156 Å². The standard InChI is InChI=1S/C18H15F3N4O3/c1-26-9-8-25-14-5-3-2-4-12(14)22-16(25)24-17-23-13-7-6-11(10-15(13)27-17)28-18(19,20)21/h2-7,10H,8-9H2,1H3,(H,22,23,24). The highest BCUT2D eigenvalue weighted by Gasteiger charge is 2.31. The van der Waals surface area contributed by atoms with Crippen LogP contribution in [0.5, 0.6) is 5.75 Å². The summed E-state index contributed by atoms with van der Waals surface area (Å²) in [6.07, 6.45) is -4.78. The zero-order valence-electron chi connectivity index (χ0n) is 14.7. The Hall–Kier alpha value is -3.27. The van der Waals surface area contributed by atoms with E-state index in [4.69, 9.17) is 9.15 Å². The Morgan fingerprint density at radius 1 is 1.11 bits per heavy atom. The number of imidazole rings is 1. The minimum Gasteiger partial charge on any atom is -0.423 e. The summed E-state index contributed by atoms with van der Waals surface area (Å²) in [5.74, 6) is 0.103. The minimum absolute atomic E-state index is 0.105. The molecule has 0 aliphatic rings. The lowest BCUT2D eigenvalue weighted by molar-refractivity contribution is -0.274. The third-order valence-electron chi connectivity index (χ3n) is 3.99. The van der Waals surface area contributed by atoms with Crippen molar-refractivity contribution in [1.82, 2.24) is 14.5 Å². The largest absolute Gasteiger partial charge is 0.573 e. The fourth-order valence-corrected chi connectivity index (χ4v) is 2.83. The van der Waals surface area contributed by atoms with Crippen molar-refractivity contribution in [2.75, 3.05) is 19.0 Å². The molecule has 0 spiro atoms. The molecule has 0 radical (unpaired) electrons. The van der Waals surface area contributed by atoms with Gasteiger partial charge in [0.1, 0.15) is 11.3 Å². The van der Waals surface area contributed by atoms with Crippen molar-refractivity contribution < 1.29 is 27.1 Å². The Balaban J connectivity index is 1.66. The molecule has 0 bridgehead atoms. The van der Waals surface area contributed by atoms with Crippen molar-refractivity contribution in [3.05, 3.63) is 42.5 Å². The zero-order chi connectivity index (χ0) is 19.7. The highest BCUT2D eigenvalue weighted by atomic mass is 19.4. The molecule has 4 rings (SSSR count). The van der Waals surface area contributed by atoms with Gasteiger partial charge in [-0.2, -0.15) is 4.98 Å². The molecule has 1 N–H and O–H groups in total. The fraction of sp³-hybridized carbons (Fsp3) is 0.222. The van der Waals surface area contributed by atoms with Gasteiger partial charge in [-0.05, 0) is 24.3 Å². The number of nitrogens with zero attached hydrogens (tertiary/aromatic N) is 3. The van der Waals surface area contributed by atoms with E-state index in [9.17, 15) is 13.2 Å². The van der Waals surface area contributed by atoms with Gasteiger partial charge < -0.3 is 18.5 Å². The van der Waals surface area contributed by atoms with E-state index in [-0.39, 0.29) is 17.3 Å². The highest BCUT2D eigenvalue weighted by molar-refractivity contribution is 5.80. The predicted molar refractivity (Wildman–Crippen MR) is 95.6 cm³/mol. The molecule has 146 valence electrons. The van der Waals surface area contributed by atoms with Gasteiger partial charge in [-0.3, -0.25) is 5.32 Å². The lowest BCUT2D eigenvalue weighted by Crippen LogP contribution is -2.16. The van der Waals surface area contributed by atoms with Crippen LogP contribution in [0.4, 0.5) is 25.1 Å². The van der Waals surface area contributed by atoms with Crippen LogP contribution in [0.15, 0.2) is 46.9 Å². The number of ether oxygens (including phenoxy) is 2. The van der Waals surface area contributed by atoms with E-state index in [2.05, 4.69) is 20.0 Å². The molecule has 0 saturated heterocycles. The maximum absolute atomic E-state index is 12.4. The van der Waals surface area contributed by atoms with Gasteiger partial charge >= 0.3 is 12.4 Å².